The Morgan fingerprint density at radius 1 is 0.542 bits per heavy atom. The first-order chi connectivity index (χ1) is 34.3. The van der Waals surface area contributed by atoms with Crippen LogP contribution >= 0.6 is 11.8 Å². The molecule has 414 valence electrons. The molecule has 0 radical (unpaired) electrons. The Hall–Kier alpha value is -3.61. The van der Waals surface area contributed by atoms with Gasteiger partial charge < -0.3 is 29.6 Å². The summed E-state index contributed by atoms with van der Waals surface area (Å²) in [6.07, 6.45) is 32.0. The van der Waals surface area contributed by atoms with Crippen LogP contribution in [0.2, 0.25) is 0 Å². The van der Waals surface area contributed by atoms with Gasteiger partial charge >= 0.3 is 23.9 Å². The van der Waals surface area contributed by atoms with Crippen LogP contribution < -0.4 is 10.6 Å². The van der Waals surface area contributed by atoms with Crippen LogP contribution in [0.15, 0.2) is 24.3 Å². The monoisotopic (exact) mass is 1030 g/mol. The van der Waals surface area contributed by atoms with Crippen LogP contribution in [0.4, 0.5) is 5.69 Å². The summed E-state index contributed by atoms with van der Waals surface area (Å²) in [6.45, 7) is 16.8. The summed E-state index contributed by atoms with van der Waals surface area (Å²) < 4.78 is 22.5. The number of hydrogen-bond acceptors (Lipinski definition) is 11. The highest BCUT2D eigenvalue weighted by molar-refractivity contribution is 7.99. The third kappa shape index (κ3) is 38.9. The minimum atomic E-state index is -1.09. The van der Waals surface area contributed by atoms with Crippen LogP contribution in [0.25, 0.3) is 0 Å². The summed E-state index contributed by atoms with van der Waals surface area (Å²) in [7, 11) is 0. The molecule has 1 rings (SSSR count). The van der Waals surface area contributed by atoms with Gasteiger partial charge in [-0.05, 0) is 85.1 Å². The highest BCUT2D eigenvalue weighted by Gasteiger charge is 2.29. The number of amides is 2. The van der Waals surface area contributed by atoms with Crippen molar-refractivity contribution < 1.29 is 47.7 Å². The molecule has 0 aliphatic carbocycles. The molecule has 0 heterocycles. The first kappa shape index (κ1) is 66.4. The fraction of sp³-hybridized carbons (Fsp3) is 0.797. The molecule has 13 heteroatoms. The van der Waals surface area contributed by atoms with Crippen LogP contribution in [-0.2, 0) is 42.9 Å². The van der Waals surface area contributed by atoms with E-state index >= 15 is 0 Å². The highest BCUT2D eigenvalue weighted by atomic mass is 32.2. The van der Waals surface area contributed by atoms with Crippen LogP contribution in [0.1, 0.15) is 272 Å². The van der Waals surface area contributed by atoms with E-state index in [-0.39, 0.29) is 54.5 Å². The van der Waals surface area contributed by atoms with Gasteiger partial charge in [0.1, 0.15) is 30.0 Å². The molecule has 1 aromatic rings. The summed E-state index contributed by atoms with van der Waals surface area (Å²) in [5.41, 5.74) is -0.759. The van der Waals surface area contributed by atoms with E-state index in [1.54, 1.807) is 65.8 Å². The number of thioether (sulfide) groups is 1. The second kappa shape index (κ2) is 40.7. The molecule has 0 saturated heterocycles. The van der Waals surface area contributed by atoms with E-state index in [2.05, 4.69) is 24.5 Å². The van der Waals surface area contributed by atoms with E-state index < -0.39 is 41.2 Å². The van der Waals surface area contributed by atoms with Gasteiger partial charge in [0.05, 0.1) is 0 Å². The van der Waals surface area contributed by atoms with Crippen LogP contribution in [0.5, 0.6) is 0 Å². The van der Waals surface area contributed by atoms with Crippen molar-refractivity contribution in [3.8, 4) is 0 Å². The van der Waals surface area contributed by atoms with E-state index in [1.807, 2.05) is 6.92 Å². The number of rotatable bonds is 43. The molecule has 0 bridgehead atoms. The average molecular weight is 1030 g/mol. The van der Waals surface area contributed by atoms with E-state index in [4.69, 9.17) is 18.9 Å². The van der Waals surface area contributed by atoms with Crippen molar-refractivity contribution in [3.05, 3.63) is 29.8 Å². The third-order valence-corrected chi connectivity index (χ3v) is 13.5. The molecule has 2 N–H and O–H groups in total. The van der Waals surface area contributed by atoms with Gasteiger partial charge in [-0.25, -0.2) is 4.79 Å². The lowest BCUT2D eigenvalue weighted by atomic mass is 10.0. The molecule has 0 saturated carbocycles. The number of esters is 4. The summed E-state index contributed by atoms with van der Waals surface area (Å²) in [5, 5.41) is 5.43. The lowest BCUT2D eigenvalue weighted by Crippen LogP contribution is -2.44. The van der Waals surface area contributed by atoms with Gasteiger partial charge in [0, 0.05) is 47.9 Å². The molecule has 3 atom stereocenters. The van der Waals surface area contributed by atoms with E-state index in [0.29, 0.717) is 24.3 Å². The van der Waals surface area contributed by atoms with Gasteiger partial charge in [0.2, 0.25) is 5.91 Å². The number of benzene rings is 1. The maximum atomic E-state index is 13.3. The Bertz CT molecular complexity index is 1620. The van der Waals surface area contributed by atoms with E-state index in [0.717, 1.165) is 38.5 Å². The quantitative estimate of drug-likeness (QED) is 0.0363. The van der Waals surface area contributed by atoms with Gasteiger partial charge in [-0.15, -0.1) is 0 Å². The topological polar surface area (TPSA) is 163 Å². The maximum absolute atomic E-state index is 13.3. The van der Waals surface area contributed by atoms with Crippen LogP contribution in [0, 0.1) is 0 Å². The van der Waals surface area contributed by atoms with Crippen molar-refractivity contribution in [2.75, 3.05) is 17.7 Å². The number of carbonyl (C=O) groups is 6. The van der Waals surface area contributed by atoms with Crippen LogP contribution in [0.3, 0.4) is 0 Å². The smallest absolute Gasteiger partial charge is 0.329 e. The van der Waals surface area contributed by atoms with E-state index in [1.165, 1.54) is 140 Å². The van der Waals surface area contributed by atoms with Crippen molar-refractivity contribution >= 4 is 53.1 Å². The number of anilines is 1. The summed E-state index contributed by atoms with van der Waals surface area (Å²) in [5.74, 6) is -2.13. The predicted molar refractivity (Wildman–Crippen MR) is 295 cm³/mol. The summed E-state index contributed by atoms with van der Waals surface area (Å²) >= 11 is 1.48. The second-order valence-electron chi connectivity index (χ2n) is 21.9. The van der Waals surface area contributed by atoms with Crippen molar-refractivity contribution in [1.29, 1.82) is 0 Å². The zero-order chi connectivity index (χ0) is 53.5. The fourth-order valence-electron chi connectivity index (χ4n) is 8.22. The molecule has 0 fully saturated rings. The van der Waals surface area contributed by atoms with E-state index in [9.17, 15) is 28.8 Å². The molecule has 0 aromatic heterocycles. The highest BCUT2D eigenvalue weighted by Crippen LogP contribution is 2.21. The van der Waals surface area contributed by atoms with Crippen LogP contribution in [-0.4, -0.2) is 76.6 Å². The Labute approximate surface area is 441 Å². The van der Waals surface area contributed by atoms with Gasteiger partial charge in [-0.3, -0.25) is 24.0 Å². The van der Waals surface area contributed by atoms with Crippen molar-refractivity contribution in [2.45, 2.75) is 290 Å². The first-order valence-electron chi connectivity index (χ1n) is 28.4. The van der Waals surface area contributed by atoms with Gasteiger partial charge in [0.25, 0.3) is 5.91 Å². The number of ether oxygens (including phenoxy) is 4. The predicted octanol–water partition coefficient (Wildman–Crippen LogP) is 15.1. The molecule has 12 nitrogen and oxygen atoms in total. The average Bonchev–Trinajstić information content (AvgIpc) is 3.30. The number of unbranched alkanes of at least 4 members (excludes halogenated alkanes) is 24. The van der Waals surface area contributed by atoms with Crippen molar-refractivity contribution in [1.82, 2.24) is 5.32 Å². The minimum absolute atomic E-state index is 0.00667. The zero-order valence-corrected chi connectivity index (χ0v) is 47.7. The normalized spacial score (nSPS) is 12.9. The molecule has 0 aliphatic rings. The van der Waals surface area contributed by atoms with Crippen molar-refractivity contribution in [3.63, 3.8) is 0 Å². The molecular formula is C59H102N2O10S. The second-order valence-corrected chi connectivity index (χ2v) is 23.4. The molecule has 0 spiro atoms. The third-order valence-electron chi connectivity index (χ3n) is 12.2. The molecule has 3 unspecified atom stereocenters. The molecule has 2 amide bonds. The van der Waals surface area contributed by atoms with Gasteiger partial charge in [-0.1, -0.05) is 175 Å². The largest absolute Gasteiger partial charge is 0.462 e. The zero-order valence-electron chi connectivity index (χ0n) is 46.9. The maximum Gasteiger partial charge on any atom is 0.329 e. The Kier molecular flexibility index (Phi) is 37.6. The standard InChI is InChI=1S/C59H102N2O10S/c1-10-12-14-16-18-20-22-24-26-28-30-32-34-36-53(63)68-45-50(69-54(64)37-35-33-31-29-27-25-23-21-19-17-15-13-11-2)46-72-47(3)44-52(62)60-49-40-38-48(39-41-49)56(66)61-51(57(67)71-59(7,8)9)42-43-55(65)70-58(4,5)6/h38-41,47,50-51H,10-37,42-46H2,1-9H3,(H,60,62)(H,61,66). The number of nitrogens with one attached hydrogen (secondary N) is 2. The Morgan fingerprint density at radius 2 is 0.972 bits per heavy atom. The Morgan fingerprint density at radius 3 is 1.42 bits per heavy atom. The summed E-state index contributed by atoms with van der Waals surface area (Å²) in [6, 6.07) is 5.20. The number of carbonyl (C=O) groups excluding carboxylic acids is 6. The molecular weight excluding hydrogens is 929 g/mol. The van der Waals surface area contributed by atoms with Gasteiger partial charge in [0.15, 0.2) is 0 Å². The fourth-order valence-corrected chi connectivity index (χ4v) is 9.20. The minimum Gasteiger partial charge on any atom is -0.462 e. The molecule has 0 aliphatic heterocycles. The SMILES string of the molecule is CCCCCCCCCCCCCCCC(=O)OCC(CSC(C)CC(=O)Nc1ccc(C(=O)NC(CCC(=O)OC(C)(C)C)C(=O)OC(C)(C)C)cc1)OC(=O)CCCCCCCCCCCCCCC. The lowest BCUT2D eigenvalue weighted by Gasteiger charge is -2.25. The molecule has 72 heavy (non-hydrogen) atoms. The lowest BCUT2D eigenvalue weighted by molar-refractivity contribution is -0.158. The van der Waals surface area contributed by atoms with Gasteiger partial charge in [-0.2, -0.15) is 11.8 Å². The first-order valence-corrected chi connectivity index (χ1v) is 29.5. The Balaban J connectivity index is 2.68. The van der Waals surface area contributed by atoms with Crippen molar-refractivity contribution in [2.24, 2.45) is 0 Å². The summed E-state index contributed by atoms with van der Waals surface area (Å²) in [4.78, 5) is 77.7. The molecule has 1 aromatic carbocycles. The number of hydrogen-bond donors (Lipinski definition) is 2.